The third-order valence-electron chi connectivity index (χ3n) is 5.04. The van der Waals surface area contributed by atoms with E-state index in [2.05, 4.69) is 10.4 Å². The summed E-state index contributed by atoms with van der Waals surface area (Å²) in [6.07, 6.45) is -3.48. The summed E-state index contributed by atoms with van der Waals surface area (Å²) >= 11 is 5.53. The second-order valence-electron chi connectivity index (χ2n) is 7.90. The van der Waals surface area contributed by atoms with Gasteiger partial charge >= 0.3 is 18.0 Å². The molecule has 8 nitrogen and oxygen atoms in total. The molecule has 3 aromatic rings. The number of hydrogen-bond donors (Lipinski definition) is 3. The van der Waals surface area contributed by atoms with Crippen molar-refractivity contribution in [1.82, 2.24) is 10.7 Å². The van der Waals surface area contributed by atoms with E-state index in [0.717, 1.165) is 17.7 Å². The molecule has 0 fully saturated rings. The fraction of sp³-hybridized carbons (Fsp3) is 0.154. The lowest BCUT2D eigenvalue weighted by atomic mass is 10.1. The average Bonchev–Trinajstić information content (AvgIpc) is 2.89. The Bertz CT molecular complexity index is 1320. The maximum absolute atomic E-state index is 12.9. The molecular weight excluding hydrogens is 525 g/mol. The molecule has 0 spiro atoms. The number of benzene rings is 3. The fourth-order valence-electron chi connectivity index (χ4n) is 3.13. The van der Waals surface area contributed by atoms with Gasteiger partial charge in [0.2, 0.25) is 0 Å². The molecule has 0 radical (unpaired) electrons. The van der Waals surface area contributed by atoms with Crippen molar-refractivity contribution in [1.29, 1.82) is 0 Å². The lowest BCUT2D eigenvalue weighted by molar-refractivity contribution is -0.137. The normalized spacial score (nSPS) is 12.0. The van der Waals surface area contributed by atoms with E-state index >= 15 is 0 Å². The van der Waals surface area contributed by atoms with Gasteiger partial charge in [-0.25, -0.2) is 5.43 Å². The molecule has 3 N–H and O–H groups in total. The summed E-state index contributed by atoms with van der Waals surface area (Å²) in [6.45, 7) is 1.68. The van der Waals surface area contributed by atoms with Crippen molar-refractivity contribution >= 4 is 41.2 Å². The number of rotatable bonds is 8. The van der Waals surface area contributed by atoms with Gasteiger partial charge in [0.25, 0.3) is 5.91 Å². The molecule has 0 aliphatic carbocycles. The Hall–Kier alpha value is -4.38. The molecule has 0 aliphatic heterocycles. The number of nitrogens with one attached hydrogen (secondary N) is 3. The molecule has 198 valence electrons. The number of amides is 3. The Morgan fingerprint density at radius 2 is 1.68 bits per heavy atom. The fourth-order valence-corrected chi connectivity index (χ4v) is 3.36. The zero-order chi connectivity index (χ0) is 27.7. The first-order chi connectivity index (χ1) is 18.0. The van der Waals surface area contributed by atoms with Crippen LogP contribution >= 0.6 is 11.6 Å². The summed E-state index contributed by atoms with van der Waals surface area (Å²) < 4.78 is 44.3. The smallest absolute Gasteiger partial charge is 0.417 e. The van der Waals surface area contributed by atoms with Crippen LogP contribution < -0.4 is 20.8 Å². The van der Waals surface area contributed by atoms with Crippen LogP contribution in [-0.4, -0.2) is 30.5 Å². The Morgan fingerprint density at radius 1 is 1.00 bits per heavy atom. The first-order valence-electron chi connectivity index (χ1n) is 11.1. The largest absolute Gasteiger partial charge is 0.484 e. The number of ether oxygens (including phenoxy) is 1. The molecule has 0 saturated heterocycles. The maximum atomic E-state index is 12.9. The van der Waals surface area contributed by atoms with Crippen molar-refractivity contribution in [3.05, 3.63) is 94.5 Å². The number of nitrogens with zero attached hydrogens (tertiary/aromatic N) is 1. The minimum Gasteiger partial charge on any atom is -0.484 e. The van der Waals surface area contributed by atoms with Crippen LogP contribution in [0.15, 0.2) is 77.9 Å². The number of hydrogen-bond acceptors (Lipinski definition) is 5. The van der Waals surface area contributed by atoms with E-state index in [1.165, 1.54) is 6.21 Å². The lowest BCUT2D eigenvalue weighted by Gasteiger charge is -2.14. The molecule has 0 bridgehead atoms. The molecule has 0 aromatic heterocycles. The van der Waals surface area contributed by atoms with E-state index in [1.807, 2.05) is 48.0 Å². The van der Waals surface area contributed by atoms with Crippen LogP contribution in [0, 0.1) is 0 Å². The Morgan fingerprint density at radius 3 is 2.34 bits per heavy atom. The van der Waals surface area contributed by atoms with Gasteiger partial charge in [0, 0.05) is 5.69 Å². The highest BCUT2D eigenvalue weighted by Gasteiger charge is 2.33. The predicted octanol–water partition coefficient (Wildman–Crippen LogP) is 4.70. The highest BCUT2D eigenvalue weighted by molar-refractivity contribution is 6.39. The first-order valence-corrected chi connectivity index (χ1v) is 11.5. The van der Waals surface area contributed by atoms with Crippen LogP contribution in [0.4, 0.5) is 18.9 Å². The van der Waals surface area contributed by atoms with Gasteiger partial charge < -0.3 is 15.4 Å². The average molecular weight is 547 g/mol. The Balaban J connectivity index is 1.45. The monoisotopic (exact) mass is 546 g/mol. The number of anilines is 1. The van der Waals surface area contributed by atoms with Gasteiger partial charge in [-0.15, -0.1) is 0 Å². The molecular formula is C26H22ClF3N4O4. The van der Waals surface area contributed by atoms with Crippen molar-refractivity contribution in [2.24, 2.45) is 5.10 Å². The molecule has 3 amide bonds. The van der Waals surface area contributed by atoms with Gasteiger partial charge in [0.05, 0.1) is 22.8 Å². The molecule has 3 rings (SSSR count). The van der Waals surface area contributed by atoms with Gasteiger partial charge in [-0.2, -0.15) is 18.3 Å². The molecule has 0 unspecified atom stereocenters. The summed E-state index contributed by atoms with van der Waals surface area (Å²) in [5.41, 5.74) is 2.07. The molecule has 0 saturated carbocycles. The zero-order valence-corrected chi connectivity index (χ0v) is 20.6. The Kier molecular flexibility index (Phi) is 9.44. The van der Waals surface area contributed by atoms with Crippen LogP contribution in [0.3, 0.4) is 0 Å². The second-order valence-corrected chi connectivity index (χ2v) is 8.31. The van der Waals surface area contributed by atoms with Crippen molar-refractivity contribution < 1.29 is 32.3 Å². The molecule has 3 aromatic carbocycles. The first kappa shape index (κ1) is 28.2. The minimum atomic E-state index is -4.72. The van der Waals surface area contributed by atoms with Crippen molar-refractivity contribution in [3.8, 4) is 5.75 Å². The number of alkyl halides is 3. The highest BCUT2D eigenvalue weighted by atomic mass is 35.5. The maximum Gasteiger partial charge on any atom is 0.417 e. The van der Waals surface area contributed by atoms with Crippen LogP contribution in [0.1, 0.15) is 29.7 Å². The van der Waals surface area contributed by atoms with E-state index in [9.17, 15) is 27.6 Å². The van der Waals surface area contributed by atoms with Crippen LogP contribution in [0.5, 0.6) is 5.75 Å². The molecule has 1 atom stereocenters. The van der Waals surface area contributed by atoms with Crippen molar-refractivity contribution in [2.75, 3.05) is 11.9 Å². The highest BCUT2D eigenvalue weighted by Crippen LogP contribution is 2.36. The van der Waals surface area contributed by atoms with E-state index in [-0.39, 0.29) is 24.2 Å². The summed E-state index contributed by atoms with van der Waals surface area (Å²) in [6, 6.07) is 18.4. The minimum absolute atomic E-state index is 0.174. The summed E-state index contributed by atoms with van der Waals surface area (Å²) in [4.78, 5) is 36.0. The quantitative estimate of drug-likeness (QED) is 0.216. The zero-order valence-electron chi connectivity index (χ0n) is 19.9. The van der Waals surface area contributed by atoms with Crippen molar-refractivity contribution in [3.63, 3.8) is 0 Å². The van der Waals surface area contributed by atoms with E-state index < -0.39 is 28.6 Å². The third kappa shape index (κ3) is 8.34. The molecule has 12 heteroatoms. The van der Waals surface area contributed by atoms with E-state index in [4.69, 9.17) is 16.3 Å². The molecule has 0 aliphatic rings. The van der Waals surface area contributed by atoms with E-state index in [1.54, 1.807) is 24.3 Å². The summed E-state index contributed by atoms with van der Waals surface area (Å²) in [5, 5.41) is 8.00. The Labute approximate surface area is 220 Å². The lowest BCUT2D eigenvalue weighted by Crippen LogP contribution is -2.32. The second kappa shape index (κ2) is 12.7. The number of carbonyl (C=O) groups excluding carboxylic acids is 3. The topological polar surface area (TPSA) is 109 Å². The molecule has 38 heavy (non-hydrogen) atoms. The van der Waals surface area contributed by atoms with Crippen LogP contribution in [0.2, 0.25) is 5.02 Å². The summed E-state index contributed by atoms with van der Waals surface area (Å²) in [7, 11) is 0. The van der Waals surface area contributed by atoms with Gasteiger partial charge in [-0.3, -0.25) is 14.4 Å². The summed E-state index contributed by atoms with van der Waals surface area (Å²) in [5.74, 6) is -2.28. The van der Waals surface area contributed by atoms with E-state index in [0.29, 0.717) is 17.4 Å². The SMILES string of the molecule is C[C@@H](NC(=O)COc1ccc(/C=N\NC(=O)C(=O)Nc2ccc(Cl)c(C(F)(F)F)c2)cc1)c1ccccc1. The van der Waals surface area contributed by atoms with Gasteiger partial charge in [0.15, 0.2) is 6.61 Å². The number of halogens is 4. The van der Waals surface area contributed by atoms with Gasteiger partial charge in [-0.1, -0.05) is 41.9 Å². The third-order valence-corrected chi connectivity index (χ3v) is 5.37. The van der Waals surface area contributed by atoms with Gasteiger partial charge in [-0.05, 0) is 60.5 Å². The standard InChI is InChI=1S/C26H22ClF3N4O4/c1-16(18-5-3-2-4-6-18)32-23(35)15-38-20-10-7-17(8-11-20)14-31-34-25(37)24(36)33-19-9-12-22(27)21(13-19)26(28,29)30/h2-14,16H,15H2,1H3,(H,32,35)(H,33,36)(H,34,37)/b31-14-/t16-/m1/s1. The predicted molar refractivity (Wildman–Crippen MR) is 136 cm³/mol. The van der Waals surface area contributed by atoms with Gasteiger partial charge in [0.1, 0.15) is 5.75 Å². The molecule has 0 heterocycles. The van der Waals surface area contributed by atoms with Crippen molar-refractivity contribution in [2.45, 2.75) is 19.1 Å². The van der Waals surface area contributed by atoms with Crippen LogP contribution in [-0.2, 0) is 20.6 Å². The number of carbonyl (C=O) groups is 3. The number of hydrazone groups is 1. The van der Waals surface area contributed by atoms with Crippen LogP contribution in [0.25, 0.3) is 0 Å².